The standard InChI is InChI=1S/C16H24N2O3/c19-13(17-12-6-2-3-7-12)11-18-14(20)10-16(15(18)21)8-4-1-5-9-16/h12H,1-11H2,(H,17,19). The van der Waals surface area contributed by atoms with E-state index in [-0.39, 0.29) is 30.3 Å². The van der Waals surface area contributed by atoms with Gasteiger partial charge in [-0.2, -0.15) is 0 Å². The molecule has 1 saturated heterocycles. The van der Waals surface area contributed by atoms with Gasteiger partial charge in [-0.05, 0) is 25.7 Å². The maximum Gasteiger partial charge on any atom is 0.240 e. The molecule has 1 aliphatic heterocycles. The molecule has 5 nitrogen and oxygen atoms in total. The number of hydrogen-bond donors (Lipinski definition) is 1. The van der Waals surface area contributed by atoms with Crippen molar-refractivity contribution in [1.82, 2.24) is 10.2 Å². The van der Waals surface area contributed by atoms with E-state index in [0.29, 0.717) is 6.42 Å². The highest BCUT2D eigenvalue weighted by molar-refractivity contribution is 6.08. The fourth-order valence-corrected chi connectivity index (χ4v) is 4.13. The normalized spacial score (nSPS) is 25.8. The number of nitrogens with one attached hydrogen (secondary N) is 1. The Morgan fingerprint density at radius 1 is 1.10 bits per heavy atom. The first-order valence-electron chi connectivity index (χ1n) is 8.25. The van der Waals surface area contributed by atoms with Crippen LogP contribution in [0.4, 0.5) is 0 Å². The highest BCUT2D eigenvalue weighted by atomic mass is 16.2. The van der Waals surface area contributed by atoms with E-state index in [1.165, 1.54) is 4.90 Å². The second-order valence-corrected chi connectivity index (χ2v) is 6.85. The van der Waals surface area contributed by atoms with Gasteiger partial charge >= 0.3 is 0 Å². The number of carbonyl (C=O) groups is 3. The van der Waals surface area contributed by atoms with E-state index >= 15 is 0 Å². The van der Waals surface area contributed by atoms with Crippen LogP contribution in [0.3, 0.4) is 0 Å². The van der Waals surface area contributed by atoms with Gasteiger partial charge in [0.15, 0.2) is 0 Å². The lowest BCUT2D eigenvalue weighted by atomic mass is 9.73. The van der Waals surface area contributed by atoms with Gasteiger partial charge < -0.3 is 5.32 Å². The van der Waals surface area contributed by atoms with E-state index in [1.54, 1.807) is 0 Å². The van der Waals surface area contributed by atoms with Gasteiger partial charge in [0.25, 0.3) is 0 Å². The van der Waals surface area contributed by atoms with E-state index in [1.807, 2.05) is 0 Å². The van der Waals surface area contributed by atoms with Gasteiger partial charge in [-0.25, -0.2) is 0 Å². The molecule has 3 rings (SSSR count). The molecule has 0 aromatic heterocycles. The van der Waals surface area contributed by atoms with E-state index in [9.17, 15) is 14.4 Å². The van der Waals surface area contributed by atoms with Gasteiger partial charge in [-0.3, -0.25) is 19.3 Å². The fraction of sp³-hybridized carbons (Fsp3) is 0.812. The molecule has 2 saturated carbocycles. The minimum Gasteiger partial charge on any atom is -0.352 e. The first kappa shape index (κ1) is 14.5. The first-order chi connectivity index (χ1) is 10.1. The molecule has 116 valence electrons. The average molecular weight is 292 g/mol. The molecule has 0 atom stereocenters. The van der Waals surface area contributed by atoms with Crippen molar-refractivity contribution in [3.8, 4) is 0 Å². The lowest BCUT2D eigenvalue weighted by molar-refractivity contribution is -0.145. The van der Waals surface area contributed by atoms with Crippen molar-refractivity contribution in [2.45, 2.75) is 70.3 Å². The van der Waals surface area contributed by atoms with Gasteiger partial charge in [-0.1, -0.05) is 32.1 Å². The zero-order valence-electron chi connectivity index (χ0n) is 12.5. The van der Waals surface area contributed by atoms with Crippen LogP contribution >= 0.6 is 0 Å². The van der Waals surface area contributed by atoms with Gasteiger partial charge in [-0.15, -0.1) is 0 Å². The quantitative estimate of drug-likeness (QED) is 0.806. The fourth-order valence-electron chi connectivity index (χ4n) is 4.13. The van der Waals surface area contributed by atoms with E-state index < -0.39 is 5.41 Å². The van der Waals surface area contributed by atoms with Crippen molar-refractivity contribution in [2.75, 3.05) is 6.54 Å². The number of rotatable bonds is 3. The summed E-state index contributed by atoms with van der Waals surface area (Å²) in [5.74, 6) is -0.450. The molecule has 2 aliphatic carbocycles. The Bertz CT molecular complexity index is 448. The third-order valence-electron chi connectivity index (χ3n) is 5.32. The molecule has 5 heteroatoms. The lowest BCUT2D eigenvalue weighted by Gasteiger charge is -2.30. The monoisotopic (exact) mass is 292 g/mol. The topological polar surface area (TPSA) is 66.5 Å². The van der Waals surface area contributed by atoms with Crippen LogP contribution in [0.2, 0.25) is 0 Å². The van der Waals surface area contributed by atoms with E-state index in [2.05, 4.69) is 5.32 Å². The molecule has 1 spiro atoms. The van der Waals surface area contributed by atoms with Crippen molar-refractivity contribution < 1.29 is 14.4 Å². The molecular weight excluding hydrogens is 268 g/mol. The highest BCUT2D eigenvalue weighted by Crippen LogP contribution is 2.45. The van der Waals surface area contributed by atoms with Crippen LogP contribution in [0.5, 0.6) is 0 Å². The summed E-state index contributed by atoms with van der Waals surface area (Å²) in [4.78, 5) is 38.0. The molecular formula is C16H24N2O3. The SMILES string of the molecule is O=C(CN1C(=O)CC2(CCCCC2)C1=O)NC1CCCC1. The third kappa shape index (κ3) is 2.83. The summed E-state index contributed by atoms with van der Waals surface area (Å²) in [7, 11) is 0. The minimum atomic E-state index is -0.483. The van der Waals surface area contributed by atoms with Crippen molar-refractivity contribution in [3.63, 3.8) is 0 Å². The van der Waals surface area contributed by atoms with E-state index in [4.69, 9.17) is 0 Å². The van der Waals surface area contributed by atoms with Crippen LogP contribution in [0, 0.1) is 5.41 Å². The molecule has 0 radical (unpaired) electrons. The van der Waals surface area contributed by atoms with Crippen LogP contribution in [-0.4, -0.2) is 35.2 Å². The van der Waals surface area contributed by atoms with Gasteiger partial charge in [0, 0.05) is 12.5 Å². The molecule has 21 heavy (non-hydrogen) atoms. The highest BCUT2D eigenvalue weighted by Gasteiger charge is 2.51. The van der Waals surface area contributed by atoms with Crippen LogP contribution in [-0.2, 0) is 14.4 Å². The zero-order chi connectivity index (χ0) is 14.9. The lowest BCUT2D eigenvalue weighted by Crippen LogP contribution is -2.45. The molecule has 3 fully saturated rings. The Morgan fingerprint density at radius 2 is 1.76 bits per heavy atom. The molecule has 3 amide bonds. The van der Waals surface area contributed by atoms with Crippen molar-refractivity contribution in [2.24, 2.45) is 5.41 Å². The molecule has 0 aromatic carbocycles. The molecule has 0 aromatic rings. The number of amides is 3. The van der Waals surface area contributed by atoms with Gasteiger partial charge in [0.05, 0.1) is 5.41 Å². The van der Waals surface area contributed by atoms with Crippen molar-refractivity contribution in [1.29, 1.82) is 0 Å². The third-order valence-corrected chi connectivity index (χ3v) is 5.32. The average Bonchev–Trinajstić information content (AvgIpc) is 3.04. The summed E-state index contributed by atoms with van der Waals surface area (Å²) in [6.45, 7) is -0.0874. The number of nitrogens with zero attached hydrogens (tertiary/aromatic N) is 1. The summed E-state index contributed by atoms with van der Waals surface area (Å²) in [6.07, 6.45) is 9.41. The van der Waals surface area contributed by atoms with Gasteiger partial charge in [0.1, 0.15) is 6.54 Å². The maximum absolute atomic E-state index is 12.6. The Kier molecular flexibility index (Phi) is 4.00. The summed E-state index contributed by atoms with van der Waals surface area (Å²) in [6, 6.07) is 0.231. The van der Waals surface area contributed by atoms with Crippen LogP contribution in [0.25, 0.3) is 0 Å². The van der Waals surface area contributed by atoms with E-state index in [0.717, 1.165) is 57.8 Å². The van der Waals surface area contributed by atoms with Gasteiger partial charge in [0.2, 0.25) is 17.7 Å². The zero-order valence-corrected chi connectivity index (χ0v) is 12.5. The second-order valence-electron chi connectivity index (χ2n) is 6.85. The minimum absolute atomic E-state index is 0.0874. The predicted molar refractivity (Wildman–Crippen MR) is 77.3 cm³/mol. The molecule has 0 bridgehead atoms. The number of likely N-dealkylation sites (tertiary alicyclic amines) is 1. The summed E-state index contributed by atoms with van der Waals surface area (Å²) >= 11 is 0. The van der Waals surface area contributed by atoms with Crippen LogP contribution < -0.4 is 5.32 Å². The summed E-state index contributed by atoms with van der Waals surface area (Å²) in [5.41, 5.74) is -0.483. The smallest absolute Gasteiger partial charge is 0.240 e. The Balaban J connectivity index is 1.61. The Hall–Kier alpha value is -1.39. The number of hydrogen-bond acceptors (Lipinski definition) is 3. The summed E-state index contributed by atoms with van der Waals surface area (Å²) < 4.78 is 0. The van der Waals surface area contributed by atoms with Crippen molar-refractivity contribution in [3.05, 3.63) is 0 Å². The second kappa shape index (κ2) is 5.78. The molecule has 1 N–H and O–H groups in total. The number of imide groups is 1. The Labute approximate surface area is 125 Å². The van der Waals surface area contributed by atoms with Crippen LogP contribution in [0.1, 0.15) is 64.2 Å². The molecule has 0 unspecified atom stereocenters. The van der Waals surface area contributed by atoms with Crippen LogP contribution in [0.15, 0.2) is 0 Å². The maximum atomic E-state index is 12.6. The largest absolute Gasteiger partial charge is 0.352 e. The molecule has 3 aliphatic rings. The van der Waals surface area contributed by atoms with Crippen molar-refractivity contribution >= 4 is 17.7 Å². The Morgan fingerprint density at radius 3 is 2.43 bits per heavy atom. The predicted octanol–water partition coefficient (Wildman–Crippen LogP) is 1.75. The summed E-state index contributed by atoms with van der Waals surface area (Å²) in [5, 5.41) is 2.95. The number of carbonyl (C=O) groups excluding carboxylic acids is 3. The first-order valence-corrected chi connectivity index (χ1v) is 8.25. The molecule has 1 heterocycles.